The number of aryl methyl sites for hydroxylation is 4. The molecule has 0 aliphatic carbocycles. The van der Waals surface area contributed by atoms with Crippen molar-refractivity contribution in [2.45, 2.75) is 79.6 Å². The van der Waals surface area contributed by atoms with Gasteiger partial charge in [0, 0.05) is 0 Å². The molecule has 0 N–H and O–H groups in total. The number of fused-ring (bicyclic) bond motifs is 2. The van der Waals surface area contributed by atoms with Crippen LogP contribution in [-0.4, -0.2) is 60.1 Å². The topological polar surface area (TPSA) is 55.0 Å². The first-order valence-electron chi connectivity index (χ1n) is 15.8. The zero-order valence-electron chi connectivity index (χ0n) is 26.9. The van der Waals surface area contributed by atoms with E-state index < -0.39 is 0 Å². The van der Waals surface area contributed by atoms with Crippen LogP contribution >= 0.6 is 0 Å². The molecule has 3 aromatic heterocycles. The summed E-state index contributed by atoms with van der Waals surface area (Å²) < 4.78 is 4.78. The number of piperidine rings is 2. The van der Waals surface area contributed by atoms with E-state index in [1.807, 2.05) is 0 Å². The second-order valence-corrected chi connectivity index (χ2v) is 12.6. The Morgan fingerprint density at radius 2 is 0.911 bits per heavy atom. The summed E-state index contributed by atoms with van der Waals surface area (Å²) in [7, 11) is 0. The van der Waals surface area contributed by atoms with E-state index in [1.54, 1.807) is 0 Å². The number of pyridine rings is 1. The Bertz CT molecular complexity index is 1640. The van der Waals surface area contributed by atoms with Crippen LogP contribution in [0.4, 0.5) is 0 Å². The van der Waals surface area contributed by atoms with E-state index in [-0.39, 0.29) is 43.4 Å². The number of halogens is 2. The molecule has 0 atom stereocenters. The molecule has 45 heavy (non-hydrogen) atoms. The molecule has 0 amide bonds. The van der Waals surface area contributed by atoms with Gasteiger partial charge in [0.2, 0.25) is 0 Å². The van der Waals surface area contributed by atoms with Crippen molar-refractivity contribution in [1.29, 1.82) is 0 Å². The number of imidazole rings is 2. The van der Waals surface area contributed by atoms with E-state index in [9.17, 15) is 0 Å². The molecule has 237 valence electrons. The van der Waals surface area contributed by atoms with E-state index in [0.29, 0.717) is 0 Å². The number of nitrogens with zero attached hydrogens (tertiary/aromatic N) is 7. The van der Waals surface area contributed by atoms with E-state index in [0.717, 1.165) is 73.6 Å². The standard InChI is InChI=1S/C35H43N7.2ClH.V/c1-24-18-30-32(20-26(24)3)41(22-39-14-7-5-8-15-39)34(37-30)28-12-11-13-29(36-28)35-38-31-19-25(2)27(4)21-33(31)42(35)23-40-16-9-6-10-17-40;;;/h11-13,18-21H,5-10,14-17,22-23H2,1-4H3;2*1H;/q;;;+2/p-2. The number of aromatic nitrogens is 5. The Hall–Kier alpha value is -2.39. The van der Waals surface area contributed by atoms with Crippen molar-refractivity contribution >= 4 is 22.1 Å². The molecule has 2 aliphatic heterocycles. The summed E-state index contributed by atoms with van der Waals surface area (Å²) in [4.78, 5) is 20.8. The summed E-state index contributed by atoms with van der Waals surface area (Å²) in [6.45, 7) is 15.0. The monoisotopic (exact) mass is 682 g/mol. The summed E-state index contributed by atoms with van der Waals surface area (Å²) >= 11 is 0. The van der Waals surface area contributed by atoms with Gasteiger partial charge in [0.25, 0.3) is 0 Å². The smallest absolute Gasteiger partial charge is 1.00 e. The van der Waals surface area contributed by atoms with Crippen molar-refractivity contribution < 1.29 is 43.4 Å². The Kier molecular flexibility index (Phi) is 11.8. The van der Waals surface area contributed by atoms with Gasteiger partial charge in [-0.2, -0.15) is 0 Å². The third-order valence-corrected chi connectivity index (χ3v) is 9.51. The van der Waals surface area contributed by atoms with Gasteiger partial charge in [-0.3, -0.25) is 9.80 Å². The molecule has 7 nitrogen and oxygen atoms in total. The second-order valence-electron chi connectivity index (χ2n) is 12.6. The summed E-state index contributed by atoms with van der Waals surface area (Å²) in [6.07, 6.45) is 7.71. The van der Waals surface area contributed by atoms with Gasteiger partial charge in [-0.1, -0.05) is 18.9 Å². The van der Waals surface area contributed by atoms with Crippen LogP contribution < -0.4 is 24.8 Å². The molecule has 5 heterocycles. The SMILES string of the molecule is Cc1cc2nc(-c3cccc(-c4nc5cc(C)c(C)cc5n4CN4CCCCC4)n3)n(CN3CCCCC3)c2cc1C.[Cl-].[Cl-].[V+2]. The fourth-order valence-electron chi connectivity index (χ4n) is 6.72. The zero-order valence-corrected chi connectivity index (χ0v) is 29.8. The predicted octanol–water partition coefficient (Wildman–Crippen LogP) is 1.24. The number of hydrogen-bond acceptors (Lipinski definition) is 5. The largest absolute Gasteiger partial charge is 2.00 e. The molecule has 1 radical (unpaired) electrons. The summed E-state index contributed by atoms with van der Waals surface area (Å²) in [5, 5.41) is 0. The van der Waals surface area contributed by atoms with Crippen molar-refractivity contribution in [3.8, 4) is 23.0 Å². The Morgan fingerprint density at radius 3 is 1.31 bits per heavy atom. The number of hydrogen-bond donors (Lipinski definition) is 0. The first-order chi connectivity index (χ1) is 20.4. The minimum absolute atomic E-state index is 0. The molecule has 0 spiro atoms. The van der Waals surface area contributed by atoms with Crippen LogP contribution in [0.3, 0.4) is 0 Å². The van der Waals surface area contributed by atoms with Gasteiger partial charge in [0.15, 0.2) is 11.6 Å². The average molecular weight is 684 g/mol. The third kappa shape index (κ3) is 7.14. The van der Waals surface area contributed by atoms with Crippen LogP contribution in [0, 0.1) is 27.7 Å². The summed E-state index contributed by atoms with van der Waals surface area (Å²) in [5.41, 5.74) is 11.4. The first kappa shape index (κ1) is 35.5. The fraction of sp³-hybridized carbons (Fsp3) is 0.457. The van der Waals surface area contributed by atoms with Gasteiger partial charge in [-0.05, 0) is 138 Å². The van der Waals surface area contributed by atoms with Gasteiger partial charge >= 0.3 is 18.6 Å². The molecule has 5 aromatic rings. The third-order valence-electron chi connectivity index (χ3n) is 9.51. The van der Waals surface area contributed by atoms with Crippen molar-refractivity contribution in [1.82, 2.24) is 33.9 Å². The molecular formula is C35H43Cl2N7V. The molecule has 2 fully saturated rings. The molecule has 0 saturated carbocycles. The molecule has 10 heteroatoms. The van der Waals surface area contributed by atoms with E-state index in [2.05, 4.69) is 89.1 Å². The molecular weight excluding hydrogens is 640 g/mol. The van der Waals surface area contributed by atoms with Crippen LogP contribution in [0.2, 0.25) is 0 Å². The van der Waals surface area contributed by atoms with Gasteiger partial charge in [-0.25, -0.2) is 15.0 Å². The zero-order chi connectivity index (χ0) is 28.8. The Balaban J connectivity index is 0.00000154. The van der Waals surface area contributed by atoms with Crippen LogP contribution in [0.15, 0.2) is 42.5 Å². The summed E-state index contributed by atoms with van der Waals surface area (Å²) in [6, 6.07) is 15.4. The minimum Gasteiger partial charge on any atom is -1.00 e. The predicted molar refractivity (Wildman–Crippen MR) is 171 cm³/mol. The molecule has 2 aromatic carbocycles. The summed E-state index contributed by atoms with van der Waals surface area (Å²) in [5.74, 6) is 1.88. The molecule has 0 unspecified atom stereocenters. The quantitative estimate of drug-likeness (QED) is 0.270. The number of rotatable bonds is 6. The van der Waals surface area contributed by atoms with E-state index in [4.69, 9.17) is 15.0 Å². The van der Waals surface area contributed by atoms with Crippen molar-refractivity contribution in [2.75, 3.05) is 26.2 Å². The number of likely N-dealkylation sites (tertiary alicyclic amines) is 2. The van der Waals surface area contributed by atoms with Crippen LogP contribution in [0.5, 0.6) is 0 Å². The molecule has 7 rings (SSSR count). The molecule has 2 aliphatic rings. The normalized spacial score (nSPS) is 15.9. The van der Waals surface area contributed by atoms with Crippen LogP contribution in [0.1, 0.15) is 60.8 Å². The van der Waals surface area contributed by atoms with Crippen LogP contribution in [-0.2, 0) is 31.9 Å². The molecule has 2 saturated heterocycles. The van der Waals surface area contributed by atoms with E-state index >= 15 is 0 Å². The minimum atomic E-state index is 0. The van der Waals surface area contributed by atoms with E-state index in [1.165, 1.54) is 71.8 Å². The average Bonchev–Trinajstić information content (AvgIpc) is 3.52. The van der Waals surface area contributed by atoms with Gasteiger partial charge < -0.3 is 33.9 Å². The maximum absolute atomic E-state index is 5.30. The molecule has 0 bridgehead atoms. The fourth-order valence-corrected chi connectivity index (χ4v) is 6.72. The van der Waals surface area contributed by atoms with Gasteiger partial charge in [0.05, 0.1) is 35.4 Å². The van der Waals surface area contributed by atoms with Gasteiger partial charge in [-0.15, -0.1) is 0 Å². The Labute approximate surface area is 291 Å². The maximum Gasteiger partial charge on any atom is 2.00 e. The van der Waals surface area contributed by atoms with Crippen molar-refractivity contribution in [3.05, 3.63) is 64.7 Å². The van der Waals surface area contributed by atoms with Gasteiger partial charge in [0.1, 0.15) is 11.4 Å². The Morgan fingerprint density at radius 1 is 0.533 bits per heavy atom. The number of benzene rings is 2. The second kappa shape index (κ2) is 15.0. The van der Waals surface area contributed by atoms with Crippen molar-refractivity contribution in [3.63, 3.8) is 0 Å². The first-order valence-corrected chi connectivity index (χ1v) is 15.8. The maximum atomic E-state index is 5.30. The van der Waals surface area contributed by atoms with Crippen LogP contribution in [0.25, 0.3) is 45.1 Å². The van der Waals surface area contributed by atoms with Crippen molar-refractivity contribution in [2.24, 2.45) is 0 Å².